The average Bonchev–Trinajstić information content (AvgIpc) is 3.55. The topological polar surface area (TPSA) is 55.9 Å². The van der Waals surface area contributed by atoms with Crippen LogP contribution in [0.25, 0.3) is 66.5 Å². The fourth-order valence-electron chi connectivity index (χ4n) is 6.70. The number of phenolic OH excluding ortho intramolecular Hbond substituents is 1. The van der Waals surface area contributed by atoms with E-state index in [1.165, 1.54) is 5.56 Å². The van der Waals surface area contributed by atoms with Crippen LogP contribution < -0.4 is 0 Å². The molecule has 0 aliphatic rings. The second-order valence-electron chi connectivity index (χ2n) is 14.5. The maximum absolute atomic E-state index is 10.9. The molecule has 242 valence electrons. The van der Waals surface area contributed by atoms with Crippen LogP contribution in [0.3, 0.4) is 0 Å². The molecule has 0 aliphatic heterocycles. The van der Waals surface area contributed by atoms with E-state index in [9.17, 15) is 5.11 Å². The molecular weight excluding hydrogens is 772 g/mol. The van der Waals surface area contributed by atoms with Crippen molar-refractivity contribution in [3.63, 3.8) is 0 Å². The van der Waals surface area contributed by atoms with Crippen LogP contribution in [0.15, 0.2) is 109 Å². The van der Waals surface area contributed by atoms with Gasteiger partial charge in [0.15, 0.2) is 0 Å². The maximum atomic E-state index is 10.9. The quantitative estimate of drug-likeness (QED) is 0.181. The van der Waals surface area contributed by atoms with Crippen molar-refractivity contribution in [2.45, 2.75) is 52.4 Å². The summed E-state index contributed by atoms with van der Waals surface area (Å²) in [5, 5.41) is 15.4. The molecule has 5 nitrogen and oxygen atoms in total. The summed E-state index contributed by atoms with van der Waals surface area (Å²) in [6.45, 7) is 13.3. The third-order valence-electron chi connectivity index (χ3n) is 9.28. The molecular formula is C42H37N4OPt-. The van der Waals surface area contributed by atoms with Gasteiger partial charge in [0.1, 0.15) is 17.4 Å². The molecule has 0 atom stereocenters. The van der Waals surface area contributed by atoms with E-state index in [0.717, 1.165) is 66.5 Å². The number of hydrogen-bond donors (Lipinski definition) is 1. The molecule has 48 heavy (non-hydrogen) atoms. The molecule has 1 N–H and O–H groups in total. The third kappa shape index (κ3) is 5.12. The SMILES string of the molecule is CC(C)(C)c1ccnc(-n2c3[c-]c4c(cc3c3ccccc32)c2ccccc2n4-c2cc(C(C)(C)C)cc(-c3ccccc3O)n2)c1.[Pt]. The summed E-state index contributed by atoms with van der Waals surface area (Å²) in [4.78, 5) is 10.1. The number of aromatic nitrogens is 4. The first-order valence-corrected chi connectivity index (χ1v) is 16.2. The van der Waals surface area contributed by atoms with Gasteiger partial charge in [0.05, 0.1) is 5.69 Å². The summed E-state index contributed by atoms with van der Waals surface area (Å²) in [7, 11) is 0. The Bertz CT molecular complexity index is 2510. The van der Waals surface area contributed by atoms with E-state index >= 15 is 0 Å². The fourth-order valence-corrected chi connectivity index (χ4v) is 6.70. The molecule has 0 spiro atoms. The van der Waals surface area contributed by atoms with Crippen molar-refractivity contribution < 1.29 is 26.2 Å². The number of benzene rings is 4. The van der Waals surface area contributed by atoms with Crippen LogP contribution >= 0.6 is 0 Å². The number of aromatic hydroxyl groups is 1. The molecule has 8 aromatic rings. The molecule has 0 saturated heterocycles. The van der Waals surface area contributed by atoms with Crippen molar-refractivity contribution in [2.75, 3.05) is 0 Å². The normalized spacial score (nSPS) is 12.3. The number of para-hydroxylation sites is 3. The van der Waals surface area contributed by atoms with E-state index < -0.39 is 0 Å². The minimum Gasteiger partial charge on any atom is -0.507 e. The molecule has 0 saturated carbocycles. The van der Waals surface area contributed by atoms with E-state index in [1.807, 2.05) is 24.4 Å². The summed E-state index contributed by atoms with van der Waals surface area (Å²) in [6.07, 6.45) is 1.91. The van der Waals surface area contributed by atoms with Crippen LogP contribution in [-0.2, 0) is 31.9 Å². The van der Waals surface area contributed by atoms with Crippen molar-refractivity contribution in [2.24, 2.45) is 0 Å². The molecule has 0 fully saturated rings. The van der Waals surface area contributed by atoms with Gasteiger partial charge in [0.25, 0.3) is 0 Å². The minimum absolute atomic E-state index is 0. The Kier molecular flexibility index (Phi) is 7.60. The Hall–Kier alpha value is -4.73. The van der Waals surface area contributed by atoms with Crippen LogP contribution in [-0.4, -0.2) is 24.2 Å². The Morgan fingerprint density at radius 2 is 1.12 bits per heavy atom. The maximum Gasteiger partial charge on any atom is 0.136 e. The van der Waals surface area contributed by atoms with Crippen molar-refractivity contribution in [3.05, 3.63) is 127 Å². The molecule has 6 heteroatoms. The van der Waals surface area contributed by atoms with Gasteiger partial charge in [-0.05, 0) is 81.3 Å². The van der Waals surface area contributed by atoms with Gasteiger partial charge in [-0.25, -0.2) is 9.97 Å². The van der Waals surface area contributed by atoms with Crippen LogP contribution in [0, 0.1) is 6.07 Å². The van der Waals surface area contributed by atoms with Crippen molar-refractivity contribution in [1.29, 1.82) is 0 Å². The zero-order chi connectivity index (χ0) is 32.7. The standard InChI is InChI=1S/C42H37N4O.Pt/c1-41(2,3)26-19-20-43-39(22-26)45-34-16-10-7-13-28(34)31-24-32-29-14-8-11-17-35(29)46(37(32)25-36(31)45)40-23-27(42(4,5)6)21-33(44-40)30-15-9-12-18-38(30)47;/h7-24,47H,1-6H3;/q-1;. The summed E-state index contributed by atoms with van der Waals surface area (Å²) >= 11 is 0. The fraction of sp³-hybridized carbons (Fsp3) is 0.190. The Labute approximate surface area is 295 Å². The first kappa shape index (κ1) is 31.8. The summed E-state index contributed by atoms with van der Waals surface area (Å²) in [5.74, 6) is 1.87. The molecule has 4 aromatic carbocycles. The van der Waals surface area contributed by atoms with Gasteiger partial charge >= 0.3 is 0 Å². The minimum atomic E-state index is -0.150. The predicted molar refractivity (Wildman–Crippen MR) is 194 cm³/mol. The zero-order valence-corrected chi connectivity index (χ0v) is 30.2. The van der Waals surface area contributed by atoms with E-state index in [4.69, 9.17) is 9.97 Å². The Morgan fingerprint density at radius 1 is 0.583 bits per heavy atom. The molecule has 4 heterocycles. The van der Waals surface area contributed by atoms with Gasteiger partial charge in [-0.2, -0.15) is 6.07 Å². The molecule has 0 aliphatic carbocycles. The van der Waals surface area contributed by atoms with Crippen molar-refractivity contribution in [1.82, 2.24) is 19.1 Å². The number of nitrogens with zero attached hydrogens (tertiary/aromatic N) is 4. The van der Waals surface area contributed by atoms with E-state index in [0.29, 0.717) is 5.56 Å². The predicted octanol–water partition coefficient (Wildman–Crippen LogP) is 10.4. The smallest absolute Gasteiger partial charge is 0.136 e. The van der Waals surface area contributed by atoms with Crippen molar-refractivity contribution in [3.8, 4) is 28.6 Å². The van der Waals surface area contributed by atoms with Gasteiger partial charge < -0.3 is 14.2 Å². The summed E-state index contributed by atoms with van der Waals surface area (Å²) in [5.41, 5.74) is 7.68. The van der Waals surface area contributed by atoms with Crippen molar-refractivity contribution >= 4 is 43.6 Å². The Morgan fingerprint density at radius 3 is 1.73 bits per heavy atom. The largest absolute Gasteiger partial charge is 0.507 e. The van der Waals surface area contributed by atoms with E-state index in [-0.39, 0.29) is 37.6 Å². The van der Waals surface area contributed by atoms with Gasteiger partial charge in [0.2, 0.25) is 0 Å². The second kappa shape index (κ2) is 11.5. The first-order chi connectivity index (χ1) is 22.5. The van der Waals surface area contributed by atoms with Gasteiger partial charge in [0, 0.05) is 43.9 Å². The van der Waals surface area contributed by atoms with E-state index in [1.54, 1.807) is 6.07 Å². The van der Waals surface area contributed by atoms with Gasteiger partial charge in [-0.1, -0.05) is 101 Å². The molecule has 4 aromatic heterocycles. The molecule has 0 radical (unpaired) electrons. The number of pyridine rings is 2. The number of fused-ring (bicyclic) bond motifs is 6. The first-order valence-electron chi connectivity index (χ1n) is 16.2. The molecule has 0 bridgehead atoms. The van der Waals surface area contributed by atoms with Crippen LogP contribution in [0.5, 0.6) is 5.75 Å². The number of phenols is 1. The van der Waals surface area contributed by atoms with Crippen LogP contribution in [0.4, 0.5) is 0 Å². The third-order valence-corrected chi connectivity index (χ3v) is 9.28. The second-order valence-corrected chi connectivity index (χ2v) is 14.5. The van der Waals surface area contributed by atoms with E-state index in [2.05, 4.69) is 136 Å². The number of rotatable bonds is 3. The summed E-state index contributed by atoms with van der Waals surface area (Å²) in [6, 6.07) is 39.2. The monoisotopic (exact) mass is 808 g/mol. The van der Waals surface area contributed by atoms with Crippen LogP contribution in [0.1, 0.15) is 52.7 Å². The zero-order valence-electron chi connectivity index (χ0n) is 27.9. The average molecular weight is 809 g/mol. The molecule has 8 rings (SSSR count). The molecule has 0 unspecified atom stereocenters. The van der Waals surface area contributed by atoms with Gasteiger partial charge in [-0.15, -0.1) is 16.8 Å². The summed E-state index contributed by atoms with van der Waals surface area (Å²) < 4.78 is 4.47. The number of hydrogen-bond acceptors (Lipinski definition) is 3. The van der Waals surface area contributed by atoms with Crippen LogP contribution in [0.2, 0.25) is 0 Å². The molecule has 0 amide bonds. The van der Waals surface area contributed by atoms with Gasteiger partial charge in [-0.3, -0.25) is 0 Å². The Balaban J connectivity index is 0.00000364.